The Morgan fingerprint density at radius 3 is 1.57 bits per heavy atom. The van der Waals surface area contributed by atoms with Crippen LogP contribution < -0.4 is 4.90 Å². The number of rotatable bonds is 9. The lowest BCUT2D eigenvalue weighted by atomic mass is 9.74. The highest BCUT2D eigenvalue weighted by Crippen LogP contribution is 2.54. The molecule has 1 atom stereocenters. The maximum Gasteiger partial charge on any atom is 0.0547 e. The van der Waals surface area contributed by atoms with Crippen molar-refractivity contribution < 1.29 is 0 Å². The molecule has 0 bridgehead atoms. The van der Waals surface area contributed by atoms with Crippen molar-refractivity contribution >= 4 is 38.9 Å². The quantitative estimate of drug-likeness (QED) is 0.140. The van der Waals surface area contributed by atoms with Crippen molar-refractivity contribution in [3.8, 4) is 61.3 Å². The lowest BCUT2D eigenvalue weighted by Crippen LogP contribution is -2.22. The van der Waals surface area contributed by atoms with Crippen molar-refractivity contribution in [2.45, 2.75) is 12.3 Å². The van der Waals surface area contributed by atoms with E-state index in [2.05, 4.69) is 289 Å². The molecule has 2 nitrogen and oxygen atoms in total. The molecule has 0 spiro atoms. The molecule has 70 heavy (non-hydrogen) atoms. The van der Waals surface area contributed by atoms with E-state index in [1.54, 1.807) is 0 Å². The number of benzene rings is 11. The van der Waals surface area contributed by atoms with E-state index in [4.69, 9.17) is 0 Å². The highest BCUT2D eigenvalue weighted by molar-refractivity contribution is 6.10. The van der Waals surface area contributed by atoms with Crippen LogP contribution in [0, 0.1) is 0 Å². The van der Waals surface area contributed by atoms with Crippen LogP contribution in [0.15, 0.2) is 273 Å². The predicted molar refractivity (Wildman–Crippen MR) is 295 cm³/mol. The monoisotopic (exact) mass is 892 g/mol. The van der Waals surface area contributed by atoms with Crippen LogP contribution in [0.4, 0.5) is 17.1 Å². The largest absolute Gasteiger partial charge is 0.310 e. The molecule has 0 saturated carbocycles. The average molecular weight is 893 g/mol. The van der Waals surface area contributed by atoms with Crippen molar-refractivity contribution in [1.29, 1.82) is 0 Å². The molecule has 0 radical (unpaired) electrons. The summed E-state index contributed by atoms with van der Waals surface area (Å²) < 4.78 is 2.39. The first-order valence-corrected chi connectivity index (χ1v) is 24.3. The molecular weight excluding hydrogens is 845 g/mol. The summed E-state index contributed by atoms with van der Waals surface area (Å²) >= 11 is 0. The van der Waals surface area contributed by atoms with E-state index in [9.17, 15) is 0 Å². The maximum absolute atomic E-state index is 2.47. The molecule has 330 valence electrons. The zero-order chi connectivity index (χ0) is 46.6. The second-order valence-electron chi connectivity index (χ2n) is 18.5. The van der Waals surface area contributed by atoms with Crippen LogP contribution in [-0.4, -0.2) is 4.57 Å². The third-order valence-corrected chi connectivity index (χ3v) is 14.7. The molecule has 0 amide bonds. The molecule has 0 N–H and O–H groups in total. The highest BCUT2D eigenvalue weighted by atomic mass is 15.1. The molecule has 12 aromatic rings. The summed E-state index contributed by atoms with van der Waals surface area (Å²) in [5, 5.41) is 2.50. The Bertz CT molecular complexity index is 3890. The average Bonchev–Trinajstić information content (AvgIpc) is 3.91. The number of hydrogen-bond donors (Lipinski definition) is 0. The molecule has 1 aliphatic carbocycles. The standard InChI is InChI=1S/C68H48N2/c1-68(50-23-7-3-8-24-50)63-34-18-15-31-58(63)62-46-53(42-44-64(62)68)69(65-35-19-16-32-59(65)57-30-14-13-29-56(57)55-28-12-11-27-54(55)48-21-5-2-6-22-48)52-40-37-47(38-41-52)49-39-43-61-60-33-17-20-36-66(60)70(67(61)45-49)51-25-9-4-10-26-51/h2-46H,1H3. The first-order chi connectivity index (χ1) is 34.6. The van der Waals surface area contributed by atoms with Gasteiger partial charge in [-0.25, -0.2) is 0 Å². The minimum absolute atomic E-state index is 0.297. The Balaban J connectivity index is 0.990. The predicted octanol–water partition coefficient (Wildman–Crippen LogP) is 18.3. The van der Waals surface area contributed by atoms with Gasteiger partial charge in [-0.15, -0.1) is 0 Å². The Kier molecular flexibility index (Phi) is 9.99. The molecule has 1 aromatic heterocycles. The van der Waals surface area contributed by atoms with Crippen LogP contribution >= 0.6 is 0 Å². The topological polar surface area (TPSA) is 8.17 Å². The van der Waals surface area contributed by atoms with Crippen molar-refractivity contribution in [2.24, 2.45) is 0 Å². The first kappa shape index (κ1) is 41.2. The van der Waals surface area contributed by atoms with Gasteiger partial charge in [0.2, 0.25) is 0 Å². The second-order valence-corrected chi connectivity index (χ2v) is 18.5. The van der Waals surface area contributed by atoms with Gasteiger partial charge in [0.05, 0.1) is 16.7 Å². The second kappa shape index (κ2) is 17.0. The number of nitrogens with zero attached hydrogens (tertiary/aromatic N) is 2. The number of anilines is 3. The van der Waals surface area contributed by atoms with Crippen molar-refractivity contribution in [3.05, 3.63) is 290 Å². The maximum atomic E-state index is 2.47. The lowest BCUT2D eigenvalue weighted by molar-refractivity contribution is 0.714. The number of para-hydroxylation sites is 3. The van der Waals surface area contributed by atoms with Gasteiger partial charge in [-0.05, 0) is 128 Å². The normalized spacial score (nSPS) is 13.8. The molecule has 13 rings (SSSR count). The van der Waals surface area contributed by atoms with Gasteiger partial charge >= 0.3 is 0 Å². The highest BCUT2D eigenvalue weighted by Gasteiger charge is 2.41. The van der Waals surface area contributed by atoms with Gasteiger partial charge in [0.15, 0.2) is 0 Å². The van der Waals surface area contributed by atoms with E-state index in [0.29, 0.717) is 0 Å². The van der Waals surface area contributed by atoms with Crippen LogP contribution in [-0.2, 0) is 5.41 Å². The summed E-state index contributed by atoms with van der Waals surface area (Å²) in [4.78, 5) is 2.47. The fourth-order valence-electron chi connectivity index (χ4n) is 11.4. The van der Waals surface area contributed by atoms with E-state index >= 15 is 0 Å². The Morgan fingerprint density at radius 1 is 0.314 bits per heavy atom. The van der Waals surface area contributed by atoms with E-state index < -0.39 is 0 Å². The van der Waals surface area contributed by atoms with E-state index in [1.165, 1.54) is 83.0 Å². The first-order valence-electron chi connectivity index (χ1n) is 24.3. The molecule has 1 heterocycles. The molecular formula is C68H48N2. The van der Waals surface area contributed by atoms with Crippen molar-refractivity contribution in [1.82, 2.24) is 4.57 Å². The third kappa shape index (κ3) is 6.71. The summed E-state index contributed by atoms with van der Waals surface area (Å²) in [6, 6.07) is 100. The SMILES string of the molecule is CC1(c2ccccc2)c2ccccc2-c2cc(N(c3ccc(-c4ccc5c6ccccc6n(-c6ccccc6)c5c4)cc3)c3ccccc3-c3ccccc3-c3ccccc3-c3ccccc3)ccc21. The molecule has 2 heteroatoms. The molecule has 1 unspecified atom stereocenters. The van der Waals surface area contributed by atoms with Gasteiger partial charge in [-0.1, -0.05) is 218 Å². The van der Waals surface area contributed by atoms with Gasteiger partial charge in [0, 0.05) is 38.8 Å². The Morgan fingerprint density at radius 2 is 0.829 bits per heavy atom. The Hall–Kier alpha value is -8.98. The lowest BCUT2D eigenvalue weighted by Gasteiger charge is -2.31. The van der Waals surface area contributed by atoms with E-state index in [1.807, 2.05) is 0 Å². The fraction of sp³-hybridized carbons (Fsp3) is 0.0294. The van der Waals surface area contributed by atoms with Gasteiger partial charge in [-0.3, -0.25) is 0 Å². The third-order valence-electron chi connectivity index (χ3n) is 14.7. The fourth-order valence-corrected chi connectivity index (χ4v) is 11.4. The summed E-state index contributed by atoms with van der Waals surface area (Å²) in [7, 11) is 0. The van der Waals surface area contributed by atoms with Crippen molar-refractivity contribution in [3.63, 3.8) is 0 Å². The summed E-state index contributed by atoms with van der Waals surface area (Å²) in [5.41, 5.74) is 22.5. The molecule has 0 aliphatic heterocycles. The van der Waals surface area contributed by atoms with Crippen LogP contribution in [0.25, 0.3) is 83.1 Å². The van der Waals surface area contributed by atoms with Gasteiger partial charge < -0.3 is 9.47 Å². The number of hydrogen-bond acceptors (Lipinski definition) is 1. The Labute approximate surface area is 409 Å². The smallest absolute Gasteiger partial charge is 0.0547 e. The van der Waals surface area contributed by atoms with Crippen LogP contribution in [0.2, 0.25) is 0 Å². The van der Waals surface area contributed by atoms with E-state index in [-0.39, 0.29) is 5.41 Å². The summed E-state index contributed by atoms with van der Waals surface area (Å²) in [5.74, 6) is 0. The van der Waals surface area contributed by atoms with Crippen LogP contribution in [0.3, 0.4) is 0 Å². The zero-order valence-corrected chi connectivity index (χ0v) is 38.9. The van der Waals surface area contributed by atoms with Gasteiger partial charge in [0.1, 0.15) is 0 Å². The molecule has 1 aliphatic rings. The van der Waals surface area contributed by atoms with Gasteiger partial charge in [-0.2, -0.15) is 0 Å². The van der Waals surface area contributed by atoms with Crippen molar-refractivity contribution in [2.75, 3.05) is 4.90 Å². The zero-order valence-electron chi connectivity index (χ0n) is 38.9. The minimum atomic E-state index is -0.297. The minimum Gasteiger partial charge on any atom is -0.310 e. The summed E-state index contributed by atoms with van der Waals surface area (Å²) in [6.45, 7) is 2.39. The van der Waals surface area contributed by atoms with Gasteiger partial charge in [0.25, 0.3) is 0 Å². The van der Waals surface area contributed by atoms with Crippen LogP contribution in [0.5, 0.6) is 0 Å². The summed E-state index contributed by atoms with van der Waals surface area (Å²) in [6.07, 6.45) is 0. The van der Waals surface area contributed by atoms with E-state index in [0.717, 1.165) is 33.9 Å². The van der Waals surface area contributed by atoms with Crippen LogP contribution in [0.1, 0.15) is 23.6 Å². The molecule has 0 fully saturated rings. The number of fused-ring (bicyclic) bond motifs is 6. The molecule has 0 saturated heterocycles. The molecule has 11 aromatic carbocycles. The number of aromatic nitrogens is 1.